The number of aromatic hydroxyl groups is 1. The van der Waals surface area contributed by atoms with Crippen LogP contribution in [0.3, 0.4) is 0 Å². The Morgan fingerprint density at radius 2 is 1.76 bits per heavy atom. The molecule has 1 aromatic rings. The standard InChI is InChI=1S/C18H22N2O5/c1-10(11-6-7-11)17(23)19-13-4-2-3-5-14(13)20-18(24)15-8-12(21)9-16(22)25-15/h8-9,13-14,21H,2-7H2,1H3,(H,19,23)(H,20,24)/t13-,14+/m0/s1. The summed E-state index contributed by atoms with van der Waals surface area (Å²) in [4.78, 5) is 35.9. The van der Waals surface area contributed by atoms with E-state index in [1.807, 2.05) is 6.92 Å². The van der Waals surface area contributed by atoms with E-state index in [9.17, 15) is 19.5 Å². The average molecular weight is 346 g/mol. The van der Waals surface area contributed by atoms with E-state index in [0.29, 0.717) is 0 Å². The van der Waals surface area contributed by atoms with Crippen LogP contribution in [0.1, 0.15) is 56.0 Å². The molecule has 0 unspecified atom stereocenters. The van der Waals surface area contributed by atoms with Crippen molar-refractivity contribution in [3.05, 3.63) is 39.5 Å². The Labute approximate surface area is 145 Å². The van der Waals surface area contributed by atoms with Crippen molar-refractivity contribution < 1.29 is 19.1 Å². The van der Waals surface area contributed by atoms with Crippen molar-refractivity contribution in [2.24, 2.45) is 0 Å². The molecule has 0 aliphatic heterocycles. The smallest absolute Gasteiger partial charge is 0.340 e. The van der Waals surface area contributed by atoms with Crippen molar-refractivity contribution >= 4 is 11.8 Å². The number of hydrogen-bond donors (Lipinski definition) is 3. The van der Waals surface area contributed by atoms with Crippen LogP contribution in [0.15, 0.2) is 32.5 Å². The summed E-state index contributed by atoms with van der Waals surface area (Å²) in [5.74, 6) is -1.21. The maximum Gasteiger partial charge on any atom is 0.340 e. The summed E-state index contributed by atoms with van der Waals surface area (Å²) in [5, 5.41) is 15.3. The number of carbonyl (C=O) groups excluding carboxylic acids is 2. The van der Waals surface area contributed by atoms with Gasteiger partial charge in [-0.1, -0.05) is 18.4 Å². The minimum atomic E-state index is -0.787. The Morgan fingerprint density at radius 3 is 2.36 bits per heavy atom. The molecule has 2 aliphatic rings. The Kier molecular flexibility index (Phi) is 4.92. The Hall–Kier alpha value is -2.57. The second kappa shape index (κ2) is 7.13. The Bertz CT molecular complexity index is 774. The second-order valence-corrected chi connectivity index (χ2v) is 6.67. The number of allylic oxidation sites excluding steroid dienone is 1. The highest BCUT2D eigenvalue weighted by atomic mass is 16.4. The summed E-state index contributed by atoms with van der Waals surface area (Å²) in [5.41, 5.74) is 1.18. The van der Waals surface area contributed by atoms with Gasteiger partial charge in [0, 0.05) is 23.7 Å². The van der Waals surface area contributed by atoms with E-state index in [4.69, 9.17) is 4.42 Å². The third-order valence-electron chi connectivity index (χ3n) is 4.75. The summed E-state index contributed by atoms with van der Waals surface area (Å²) in [6.45, 7) is 1.83. The predicted octanol–water partition coefficient (Wildman–Crippen LogP) is 1.61. The van der Waals surface area contributed by atoms with Crippen LogP contribution in [-0.2, 0) is 4.79 Å². The first-order valence-corrected chi connectivity index (χ1v) is 8.58. The highest BCUT2D eigenvalue weighted by molar-refractivity contribution is 5.95. The topological polar surface area (TPSA) is 109 Å². The van der Waals surface area contributed by atoms with Gasteiger partial charge in [0.15, 0.2) is 5.76 Å². The summed E-state index contributed by atoms with van der Waals surface area (Å²) in [6, 6.07) is 1.60. The highest BCUT2D eigenvalue weighted by Crippen LogP contribution is 2.31. The highest BCUT2D eigenvalue weighted by Gasteiger charge is 2.30. The van der Waals surface area contributed by atoms with Gasteiger partial charge in [0.1, 0.15) is 5.75 Å². The van der Waals surface area contributed by atoms with Crippen molar-refractivity contribution in [2.45, 2.75) is 57.5 Å². The number of rotatable bonds is 4. The molecule has 2 fully saturated rings. The van der Waals surface area contributed by atoms with E-state index in [1.54, 1.807) is 0 Å². The number of amides is 2. The molecule has 0 bridgehead atoms. The lowest BCUT2D eigenvalue weighted by atomic mass is 9.90. The number of hydrogen-bond acceptors (Lipinski definition) is 5. The molecule has 3 rings (SSSR count). The van der Waals surface area contributed by atoms with E-state index in [0.717, 1.165) is 56.2 Å². The molecular formula is C18H22N2O5. The molecule has 2 amide bonds. The molecule has 0 saturated heterocycles. The third kappa shape index (κ3) is 4.29. The monoisotopic (exact) mass is 346 g/mol. The van der Waals surface area contributed by atoms with Gasteiger partial charge in [-0.3, -0.25) is 9.59 Å². The van der Waals surface area contributed by atoms with E-state index in [-0.39, 0.29) is 29.5 Å². The van der Waals surface area contributed by atoms with E-state index < -0.39 is 11.5 Å². The maximum absolute atomic E-state index is 12.3. The summed E-state index contributed by atoms with van der Waals surface area (Å²) < 4.78 is 4.83. The van der Waals surface area contributed by atoms with Crippen molar-refractivity contribution in [1.29, 1.82) is 0 Å². The molecule has 7 nitrogen and oxygen atoms in total. The number of nitrogens with one attached hydrogen (secondary N) is 2. The van der Waals surface area contributed by atoms with Gasteiger partial charge in [0.25, 0.3) is 5.91 Å². The summed E-state index contributed by atoms with van der Waals surface area (Å²) in [6.07, 6.45) is 5.41. The van der Waals surface area contributed by atoms with Gasteiger partial charge in [0.2, 0.25) is 5.91 Å². The average Bonchev–Trinajstić information content (AvgIpc) is 3.40. The van der Waals surface area contributed by atoms with E-state index in [2.05, 4.69) is 10.6 Å². The molecule has 3 N–H and O–H groups in total. The molecule has 2 saturated carbocycles. The lowest BCUT2D eigenvalue weighted by Crippen LogP contribution is -2.53. The van der Waals surface area contributed by atoms with Crippen molar-refractivity contribution in [2.75, 3.05) is 0 Å². The van der Waals surface area contributed by atoms with Crippen molar-refractivity contribution in [3.63, 3.8) is 0 Å². The lowest BCUT2D eigenvalue weighted by Gasteiger charge is -2.32. The summed E-state index contributed by atoms with van der Waals surface area (Å²) >= 11 is 0. The minimum absolute atomic E-state index is 0.0810. The molecule has 1 heterocycles. The number of carbonyl (C=O) groups is 2. The fourth-order valence-electron chi connectivity index (χ4n) is 3.17. The van der Waals surface area contributed by atoms with Crippen LogP contribution < -0.4 is 16.3 Å². The van der Waals surface area contributed by atoms with Gasteiger partial charge in [-0.25, -0.2) is 4.79 Å². The molecule has 25 heavy (non-hydrogen) atoms. The van der Waals surface area contributed by atoms with Crippen LogP contribution in [0.5, 0.6) is 5.75 Å². The molecule has 0 spiro atoms. The van der Waals surface area contributed by atoms with Crippen LogP contribution in [0.4, 0.5) is 0 Å². The molecule has 2 aliphatic carbocycles. The van der Waals surface area contributed by atoms with Gasteiger partial charge in [-0.05, 0) is 32.6 Å². The van der Waals surface area contributed by atoms with Crippen LogP contribution >= 0.6 is 0 Å². The van der Waals surface area contributed by atoms with Gasteiger partial charge >= 0.3 is 5.63 Å². The molecule has 134 valence electrons. The minimum Gasteiger partial charge on any atom is -0.508 e. The normalized spacial score (nSPS) is 22.2. The zero-order chi connectivity index (χ0) is 18.0. The predicted molar refractivity (Wildman–Crippen MR) is 90.2 cm³/mol. The summed E-state index contributed by atoms with van der Waals surface area (Å²) in [7, 11) is 0. The molecular weight excluding hydrogens is 324 g/mol. The SMILES string of the molecule is CC(C(=O)N[C@H]1CCCC[C@H]1NC(=O)c1cc(O)cc(=O)o1)=C1CC1. The lowest BCUT2D eigenvalue weighted by molar-refractivity contribution is -0.118. The third-order valence-corrected chi connectivity index (χ3v) is 4.75. The molecule has 1 aromatic heterocycles. The Balaban J connectivity index is 1.68. The fourth-order valence-corrected chi connectivity index (χ4v) is 3.17. The van der Waals surface area contributed by atoms with Gasteiger partial charge in [-0.15, -0.1) is 0 Å². The zero-order valence-electron chi connectivity index (χ0n) is 14.1. The Morgan fingerprint density at radius 1 is 1.12 bits per heavy atom. The second-order valence-electron chi connectivity index (χ2n) is 6.67. The van der Waals surface area contributed by atoms with E-state index in [1.165, 1.54) is 5.57 Å². The van der Waals surface area contributed by atoms with Crippen LogP contribution in [0, 0.1) is 0 Å². The van der Waals surface area contributed by atoms with Crippen molar-refractivity contribution in [3.8, 4) is 5.75 Å². The zero-order valence-corrected chi connectivity index (χ0v) is 14.1. The van der Waals surface area contributed by atoms with Crippen LogP contribution in [0.2, 0.25) is 0 Å². The first-order valence-electron chi connectivity index (χ1n) is 8.58. The van der Waals surface area contributed by atoms with Crippen molar-refractivity contribution in [1.82, 2.24) is 10.6 Å². The molecule has 2 atom stereocenters. The first kappa shape index (κ1) is 17.3. The van der Waals surface area contributed by atoms with E-state index >= 15 is 0 Å². The fraction of sp³-hybridized carbons (Fsp3) is 0.500. The maximum atomic E-state index is 12.3. The van der Waals surface area contributed by atoms with Gasteiger partial charge in [0.05, 0.1) is 6.07 Å². The first-order chi connectivity index (χ1) is 11.9. The van der Waals surface area contributed by atoms with Crippen LogP contribution in [-0.4, -0.2) is 29.0 Å². The van der Waals surface area contributed by atoms with Gasteiger partial charge in [-0.2, -0.15) is 0 Å². The largest absolute Gasteiger partial charge is 0.508 e. The van der Waals surface area contributed by atoms with Gasteiger partial charge < -0.3 is 20.2 Å². The quantitative estimate of drug-likeness (QED) is 0.718. The molecule has 7 heteroatoms. The molecule has 0 aromatic carbocycles. The van der Waals surface area contributed by atoms with Crippen LogP contribution in [0.25, 0.3) is 0 Å². The molecule has 0 radical (unpaired) electrons.